The summed E-state index contributed by atoms with van der Waals surface area (Å²) in [4.78, 5) is 16.1. The summed E-state index contributed by atoms with van der Waals surface area (Å²) < 4.78 is 0. The lowest BCUT2D eigenvalue weighted by Crippen LogP contribution is -2.52. The number of amides is 2. The second-order valence-electron chi connectivity index (χ2n) is 7.70. The number of carbonyl (C=O) groups is 1. The van der Waals surface area contributed by atoms with E-state index in [1.165, 1.54) is 10.9 Å². The van der Waals surface area contributed by atoms with Crippen LogP contribution in [-0.2, 0) is 0 Å². The summed E-state index contributed by atoms with van der Waals surface area (Å²) in [5.74, 6) is 0. The van der Waals surface area contributed by atoms with Crippen molar-refractivity contribution < 1.29 is 4.79 Å². The van der Waals surface area contributed by atoms with Crippen molar-refractivity contribution in [1.29, 1.82) is 0 Å². The highest BCUT2D eigenvalue weighted by atomic mass is 28.3. The number of rotatable bonds is 3. The Bertz CT molecular complexity index is 725. The predicted octanol–water partition coefficient (Wildman–Crippen LogP) is 3.17. The summed E-state index contributed by atoms with van der Waals surface area (Å²) in [7, 11) is -1.33. The summed E-state index contributed by atoms with van der Waals surface area (Å²) in [6.45, 7) is 9.24. The van der Waals surface area contributed by atoms with E-state index in [4.69, 9.17) is 5.73 Å². The zero-order valence-electron chi connectivity index (χ0n) is 15.3. The van der Waals surface area contributed by atoms with Gasteiger partial charge in [0, 0.05) is 25.3 Å². The summed E-state index contributed by atoms with van der Waals surface area (Å²) in [6.07, 6.45) is 0. The van der Waals surface area contributed by atoms with E-state index in [-0.39, 0.29) is 12.1 Å². The van der Waals surface area contributed by atoms with Gasteiger partial charge in [0.1, 0.15) is 0 Å². The minimum Gasteiger partial charge on any atom is -0.367 e. The molecular weight excluding hydrogens is 326 g/mol. The zero-order chi connectivity index (χ0) is 18.0. The Morgan fingerprint density at radius 2 is 1.64 bits per heavy atom. The molecule has 2 aromatic carbocycles. The van der Waals surface area contributed by atoms with Crippen LogP contribution in [0, 0.1) is 0 Å². The number of hydrogen-bond donors (Lipinski definition) is 1. The Labute approximate surface area is 151 Å². The monoisotopic (exact) mass is 353 g/mol. The molecule has 0 spiro atoms. The normalized spacial score (nSPS) is 18.3. The number of piperazine rings is 1. The van der Waals surface area contributed by atoms with Crippen LogP contribution in [0.5, 0.6) is 0 Å². The van der Waals surface area contributed by atoms with Gasteiger partial charge in [0.15, 0.2) is 0 Å². The molecule has 25 heavy (non-hydrogen) atoms. The fourth-order valence-corrected chi connectivity index (χ4v) is 4.58. The molecular formula is C20H27N3OSi. The first-order chi connectivity index (χ1) is 11.9. The van der Waals surface area contributed by atoms with Gasteiger partial charge in [0.05, 0.1) is 14.1 Å². The van der Waals surface area contributed by atoms with Gasteiger partial charge >= 0.3 is 6.03 Å². The van der Waals surface area contributed by atoms with Gasteiger partial charge in [-0.05, 0) is 17.7 Å². The van der Waals surface area contributed by atoms with Crippen LogP contribution in [0.25, 0.3) is 0 Å². The maximum Gasteiger partial charge on any atom is 0.315 e. The number of primary amides is 1. The molecule has 0 aromatic heterocycles. The molecule has 132 valence electrons. The second kappa shape index (κ2) is 6.92. The average molecular weight is 354 g/mol. The highest BCUT2D eigenvalue weighted by molar-refractivity contribution is 6.88. The van der Waals surface area contributed by atoms with Crippen LogP contribution < -0.4 is 15.8 Å². The topological polar surface area (TPSA) is 49.6 Å². The van der Waals surface area contributed by atoms with Crippen LogP contribution in [0.1, 0.15) is 11.6 Å². The Balaban J connectivity index is 1.88. The van der Waals surface area contributed by atoms with E-state index in [9.17, 15) is 4.79 Å². The van der Waals surface area contributed by atoms with Crippen LogP contribution in [0.3, 0.4) is 0 Å². The number of nitrogens with zero attached hydrogens (tertiary/aromatic N) is 2. The Hall–Kier alpha value is -2.27. The van der Waals surface area contributed by atoms with Gasteiger partial charge in [-0.1, -0.05) is 67.3 Å². The molecule has 1 unspecified atom stereocenters. The third kappa shape index (κ3) is 3.87. The number of carbonyl (C=O) groups excluding carboxylic acids is 1. The van der Waals surface area contributed by atoms with Crippen molar-refractivity contribution in [2.24, 2.45) is 5.73 Å². The molecule has 1 aliphatic rings. The van der Waals surface area contributed by atoms with Crippen molar-refractivity contribution in [1.82, 2.24) is 4.90 Å². The first kappa shape index (κ1) is 17.5. The quantitative estimate of drug-likeness (QED) is 0.862. The molecule has 0 aliphatic carbocycles. The number of para-hydroxylation sites is 1. The van der Waals surface area contributed by atoms with Crippen LogP contribution in [-0.4, -0.2) is 38.6 Å². The summed E-state index contributed by atoms with van der Waals surface area (Å²) in [6, 6.07) is 18.8. The lowest BCUT2D eigenvalue weighted by atomic mass is 10.0. The molecule has 0 radical (unpaired) electrons. The first-order valence-corrected chi connectivity index (χ1v) is 12.3. The summed E-state index contributed by atoms with van der Waals surface area (Å²) in [5, 5.41) is 1.43. The largest absolute Gasteiger partial charge is 0.367 e. The van der Waals surface area contributed by atoms with Gasteiger partial charge in [-0.3, -0.25) is 0 Å². The van der Waals surface area contributed by atoms with Crippen LogP contribution in [0.4, 0.5) is 10.5 Å². The smallest absolute Gasteiger partial charge is 0.315 e. The van der Waals surface area contributed by atoms with E-state index in [1.807, 2.05) is 18.2 Å². The Kier molecular flexibility index (Phi) is 4.86. The van der Waals surface area contributed by atoms with Crippen LogP contribution >= 0.6 is 0 Å². The van der Waals surface area contributed by atoms with Crippen molar-refractivity contribution in [3.05, 3.63) is 60.2 Å². The molecule has 2 N–H and O–H groups in total. The number of urea groups is 1. The van der Waals surface area contributed by atoms with Crippen molar-refractivity contribution >= 4 is 25.0 Å². The predicted molar refractivity (Wildman–Crippen MR) is 107 cm³/mol. The molecule has 0 bridgehead atoms. The molecule has 1 saturated heterocycles. The number of hydrogen-bond acceptors (Lipinski definition) is 2. The molecule has 1 atom stereocenters. The molecule has 1 heterocycles. The zero-order valence-corrected chi connectivity index (χ0v) is 16.3. The lowest BCUT2D eigenvalue weighted by molar-refractivity contribution is 0.175. The van der Waals surface area contributed by atoms with E-state index >= 15 is 0 Å². The fraction of sp³-hybridized carbons (Fsp3) is 0.350. The van der Waals surface area contributed by atoms with E-state index in [0.717, 1.165) is 18.7 Å². The van der Waals surface area contributed by atoms with Crippen molar-refractivity contribution in [2.45, 2.75) is 25.7 Å². The molecule has 5 heteroatoms. The molecule has 2 amide bonds. The van der Waals surface area contributed by atoms with Crippen molar-refractivity contribution in [3.8, 4) is 0 Å². The summed E-state index contributed by atoms with van der Waals surface area (Å²) >= 11 is 0. The van der Waals surface area contributed by atoms with E-state index in [1.54, 1.807) is 4.90 Å². The number of anilines is 1. The molecule has 2 aromatic rings. The minimum absolute atomic E-state index is 0.0119. The molecule has 0 saturated carbocycles. The molecule has 1 fully saturated rings. The highest BCUT2D eigenvalue weighted by Gasteiger charge is 2.31. The third-order valence-electron chi connectivity index (χ3n) is 4.95. The van der Waals surface area contributed by atoms with Crippen molar-refractivity contribution in [3.63, 3.8) is 0 Å². The van der Waals surface area contributed by atoms with Gasteiger partial charge in [-0.25, -0.2) is 4.79 Å². The van der Waals surface area contributed by atoms with Crippen LogP contribution in [0.15, 0.2) is 54.6 Å². The first-order valence-electron chi connectivity index (χ1n) is 8.83. The maximum absolute atomic E-state index is 11.9. The van der Waals surface area contributed by atoms with Crippen molar-refractivity contribution in [2.75, 3.05) is 24.5 Å². The van der Waals surface area contributed by atoms with Gasteiger partial charge in [-0.15, -0.1) is 0 Å². The number of nitrogens with two attached hydrogens (primary N) is 1. The Morgan fingerprint density at radius 3 is 2.20 bits per heavy atom. The third-order valence-corrected chi connectivity index (χ3v) is 7.01. The van der Waals surface area contributed by atoms with Gasteiger partial charge in [0.2, 0.25) is 0 Å². The maximum atomic E-state index is 11.9. The van der Waals surface area contributed by atoms with Gasteiger partial charge in [-0.2, -0.15) is 0 Å². The Morgan fingerprint density at radius 1 is 1.00 bits per heavy atom. The van der Waals surface area contributed by atoms with Crippen LogP contribution in [0.2, 0.25) is 19.6 Å². The molecule has 1 aliphatic heterocycles. The van der Waals surface area contributed by atoms with Gasteiger partial charge in [0.25, 0.3) is 0 Å². The minimum atomic E-state index is -1.33. The molecule has 3 rings (SSSR count). The van der Waals surface area contributed by atoms with E-state index in [2.05, 4.69) is 60.9 Å². The van der Waals surface area contributed by atoms with E-state index in [0.29, 0.717) is 6.54 Å². The van der Waals surface area contributed by atoms with E-state index < -0.39 is 8.07 Å². The highest BCUT2D eigenvalue weighted by Crippen LogP contribution is 2.28. The SMILES string of the molecule is C[Si](C)(C)c1ccc(C2CN(c3ccccc3)CCN2C(N)=O)cc1. The molecule has 4 nitrogen and oxygen atoms in total. The average Bonchev–Trinajstić information content (AvgIpc) is 2.61. The standard InChI is InChI=1S/C20H27N3OSi/c1-25(2,3)18-11-9-16(10-12-18)19-15-22(13-14-23(19)20(21)24)17-7-5-4-6-8-17/h4-12,19H,13-15H2,1-3H3,(H2,21,24). The second-order valence-corrected chi connectivity index (χ2v) is 12.8. The van der Waals surface area contributed by atoms with Gasteiger partial charge < -0.3 is 15.5 Å². The lowest BCUT2D eigenvalue weighted by Gasteiger charge is -2.42. The fourth-order valence-electron chi connectivity index (χ4n) is 3.41. The summed E-state index contributed by atoms with van der Waals surface area (Å²) in [5.41, 5.74) is 8.00. The number of benzene rings is 2.